The maximum absolute atomic E-state index is 11.5. The van der Waals surface area contributed by atoms with Crippen LogP contribution in [0.5, 0.6) is 0 Å². The van der Waals surface area contributed by atoms with Crippen LogP contribution in [-0.4, -0.2) is 42.5 Å². The summed E-state index contributed by atoms with van der Waals surface area (Å²) in [7, 11) is 1.21. The molecular formula is C11H15NO4S2. The average molecular weight is 289 g/mol. The van der Waals surface area contributed by atoms with E-state index in [-0.39, 0.29) is 11.7 Å². The summed E-state index contributed by atoms with van der Waals surface area (Å²) in [6, 6.07) is 2.98. The number of hydrogen-bond acceptors (Lipinski definition) is 6. The van der Waals surface area contributed by atoms with Crippen molar-refractivity contribution in [1.82, 2.24) is 5.32 Å². The van der Waals surface area contributed by atoms with E-state index in [1.54, 1.807) is 11.3 Å². The van der Waals surface area contributed by atoms with E-state index < -0.39 is 18.6 Å². The Morgan fingerprint density at radius 1 is 1.61 bits per heavy atom. The molecule has 1 aromatic rings. The highest BCUT2D eigenvalue weighted by atomic mass is 32.2. The number of thioether (sulfide) groups is 1. The fourth-order valence-corrected chi connectivity index (χ4v) is 2.88. The predicted octanol–water partition coefficient (Wildman–Crippen LogP) is 0.631. The van der Waals surface area contributed by atoms with Crippen molar-refractivity contribution in [1.29, 1.82) is 0 Å². The van der Waals surface area contributed by atoms with Crippen molar-refractivity contribution in [3.05, 3.63) is 22.4 Å². The Bertz CT molecular complexity index is 380. The summed E-state index contributed by atoms with van der Waals surface area (Å²) in [5.74, 6) is 0.0634. The summed E-state index contributed by atoms with van der Waals surface area (Å²) >= 11 is 3.09. The standard InChI is InChI=1S/C11H15NO4S2/c1-16-11(15)9(5-13)12-10(14)7-17-6-8-3-2-4-18-8/h2-4,9,13H,5-7H2,1H3,(H,12,14)/t9-/m0/s1. The summed E-state index contributed by atoms with van der Waals surface area (Å²) in [6.07, 6.45) is 0. The topological polar surface area (TPSA) is 75.6 Å². The maximum Gasteiger partial charge on any atom is 0.330 e. The van der Waals surface area contributed by atoms with Gasteiger partial charge in [0.05, 0.1) is 19.5 Å². The van der Waals surface area contributed by atoms with E-state index in [2.05, 4.69) is 10.1 Å². The van der Waals surface area contributed by atoms with Crippen LogP contribution < -0.4 is 5.32 Å². The normalized spacial score (nSPS) is 11.9. The maximum atomic E-state index is 11.5. The molecule has 1 aromatic heterocycles. The van der Waals surface area contributed by atoms with E-state index in [4.69, 9.17) is 5.11 Å². The van der Waals surface area contributed by atoms with E-state index in [1.165, 1.54) is 23.7 Å². The van der Waals surface area contributed by atoms with Crippen molar-refractivity contribution in [2.45, 2.75) is 11.8 Å². The second-order valence-electron chi connectivity index (χ2n) is 3.40. The molecule has 0 unspecified atom stereocenters. The van der Waals surface area contributed by atoms with Gasteiger partial charge in [-0.15, -0.1) is 23.1 Å². The number of esters is 1. The minimum absolute atomic E-state index is 0.241. The van der Waals surface area contributed by atoms with Crippen molar-refractivity contribution in [3.8, 4) is 0 Å². The van der Waals surface area contributed by atoms with Crippen molar-refractivity contribution in [2.75, 3.05) is 19.5 Å². The fourth-order valence-electron chi connectivity index (χ4n) is 1.20. The second-order valence-corrected chi connectivity index (χ2v) is 5.42. The van der Waals surface area contributed by atoms with Gasteiger partial charge in [-0.1, -0.05) is 6.07 Å². The molecule has 0 saturated heterocycles. The van der Waals surface area contributed by atoms with Crippen LogP contribution in [-0.2, 0) is 20.1 Å². The summed E-state index contributed by atoms with van der Waals surface area (Å²) in [5.41, 5.74) is 0. The van der Waals surface area contributed by atoms with Crippen LogP contribution in [0.2, 0.25) is 0 Å². The van der Waals surface area contributed by atoms with Crippen LogP contribution >= 0.6 is 23.1 Å². The monoisotopic (exact) mass is 289 g/mol. The first-order valence-electron chi connectivity index (χ1n) is 5.25. The number of ether oxygens (including phenoxy) is 1. The van der Waals surface area contributed by atoms with Crippen LogP contribution in [0.25, 0.3) is 0 Å². The Hall–Kier alpha value is -1.05. The van der Waals surface area contributed by atoms with Crippen LogP contribution in [0.4, 0.5) is 0 Å². The van der Waals surface area contributed by atoms with E-state index >= 15 is 0 Å². The van der Waals surface area contributed by atoms with Gasteiger partial charge in [0.1, 0.15) is 0 Å². The number of nitrogens with one attached hydrogen (secondary N) is 1. The number of hydrogen-bond donors (Lipinski definition) is 2. The van der Waals surface area contributed by atoms with Gasteiger partial charge in [0.15, 0.2) is 6.04 Å². The van der Waals surface area contributed by atoms with Crippen molar-refractivity contribution in [3.63, 3.8) is 0 Å². The Labute approximate surface area is 114 Å². The number of amides is 1. The minimum Gasteiger partial charge on any atom is -0.467 e. The van der Waals surface area contributed by atoms with Gasteiger partial charge in [-0.3, -0.25) is 4.79 Å². The average Bonchev–Trinajstić information content (AvgIpc) is 2.88. The molecule has 1 rings (SSSR count). The summed E-state index contributed by atoms with van der Waals surface area (Å²) in [6.45, 7) is -0.464. The lowest BCUT2D eigenvalue weighted by Crippen LogP contribution is -2.44. The molecular weight excluding hydrogens is 274 g/mol. The molecule has 1 amide bonds. The highest BCUT2D eigenvalue weighted by Gasteiger charge is 2.19. The molecule has 0 aliphatic rings. The number of carbonyl (C=O) groups excluding carboxylic acids is 2. The van der Waals surface area contributed by atoms with Gasteiger partial charge >= 0.3 is 5.97 Å². The molecule has 0 aliphatic heterocycles. The SMILES string of the molecule is COC(=O)[C@H](CO)NC(=O)CSCc1cccs1. The van der Waals surface area contributed by atoms with Gasteiger partial charge < -0.3 is 15.2 Å². The Kier molecular flexibility index (Phi) is 6.77. The molecule has 0 aliphatic carbocycles. The van der Waals surface area contributed by atoms with Gasteiger partial charge in [-0.2, -0.15) is 0 Å². The molecule has 18 heavy (non-hydrogen) atoms. The lowest BCUT2D eigenvalue weighted by atomic mass is 10.3. The molecule has 0 bridgehead atoms. The van der Waals surface area contributed by atoms with Crippen molar-refractivity contribution in [2.24, 2.45) is 0 Å². The molecule has 0 radical (unpaired) electrons. The van der Waals surface area contributed by atoms with E-state index in [1.807, 2.05) is 17.5 Å². The zero-order valence-electron chi connectivity index (χ0n) is 9.92. The third-order valence-corrected chi connectivity index (χ3v) is 4.10. The fraction of sp³-hybridized carbons (Fsp3) is 0.455. The molecule has 1 heterocycles. The zero-order chi connectivity index (χ0) is 13.4. The predicted molar refractivity (Wildman–Crippen MR) is 71.5 cm³/mol. The number of thiophene rings is 1. The number of rotatable bonds is 7. The quantitative estimate of drug-likeness (QED) is 0.720. The first-order chi connectivity index (χ1) is 8.67. The molecule has 1 atom stereocenters. The molecule has 0 saturated carbocycles. The summed E-state index contributed by atoms with van der Waals surface area (Å²) in [4.78, 5) is 23.8. The van der Waals surface area contributed by atoms with Crippen LogP contribution in [0.3, 0.4) is 0 Å². The lowest BCUT2D eigenvalue weighted by molar-refractivity contribution is -0.145. The molecule has 100 valence electrons. The van der Waals surface area contributed by atoms with Gasteiger partial charge in [0.25, 0.3) is 0 Å². The van der Waals surface area contributed by atoms with Crippen LogP contribution in [0, 0.1) is 0 Å². The van der Waals surface area contributed by atoms with Gasteiger partial charge in [0.2, 0.25) is 5.91 Å². The number of aliphatic hydroxyl groups excluding tert-OH is 1. The molecule has 7 heteroatoms. The smallest absolute Gasteiger partial charge is 0.330 e. The Balaban J connectivity index is 2.26. The number of carbonyl (C=O) groups is 2. The number of aliphatic hydroxyl groups is 1. The third-order valence-electron chi connectivity index (χ3n) is 2.06. The second kappa shape index (κ2) is 8.12. The molecule has 0 fully saturated rings. The van der Waals surface area contributed by atoms with Crippen molar-refractivity contribution >= 4 is 35.0 Å². The highest BCUT2D eigenvalue weighted by molar-refractivity contribution is 7.99. The van der Waals surface area contributed by atoms with Crippen molar-refractivity contribution < 1.29 is 19.4 Å². The zero-order valence-corrected chi connectivity index (χ0v) is 11.6. The first-order valence-corrected chi connectivity index (χ1v) is 7.29. The lowest BCUT2D eigenvalue weighted by Gasteiger charge is -2.13. The molecule has 0 spiro atoms. The van der Waals surface area contributed by atoms with Gasteiger partial charge in [-0.25, -0.2) is 4.79 Å². The number of methoxy groups -OCH3 is 1. The molecule has 0 aromatic carbocycles. The summed E-state index contributed by atoms with van der Waals surface area (Å²) < 4.78 is 4.45. The van der Waals surface area contributed by atoms with E-state index in [0.717, 1.165) is 5.75 Å². The minimum atomic E-state index is -0.982. The molecule has 2 N–H and O–H groups in total. The third kappa shape index (κ3) is 5.07. The van der Waals surface area contributed by atoms with Gasteiger partial charge in [-0.05, 0) is 11.4 Å². The first kappa shape index (κ1) is 15.0. The largest absolute Gasteiger partial charge is 0.467 e. The van der Waals surface area contributed by atoms with Gasteiger partial charge in [0, 0.05) is 10.6 Å². The highest BCUT2D eigenvalue weighted by Crippen LogP contribution is 2.16. The van der Waals surface area contributed by atoms with Crippen LogP contribution in [0.15, 0.2) is 17.5 Å². The van der Waals surface area contributed by atoms with E-state index in [0.29, 0.717) is 0 Å². The van der Waals surface area contributed by atoms with E-state index in [9.17, 15) is 9.59 Å². The molecule has 5 nitrogen and oxygen atoms in total. The van der Waals surface area contributed by atoms with Crippen LogP contribution in [0.1, 0.15) is 4.88 Å². The Morgan fingerprint density at radius 3 is 2.94 bits per heavy atom. The Morgan fingerprint density at radius 2 is 2.39 bits per heavy atom. The summed E-state index contributed by atoms with van der Waals surface area (Å²) in [5, 5.41) is 13.3.